The summed E-state index contributed by atoms with van der Waals surface area (Å²) in [6, 6.07) is 14.5. The predicted molar refractivity (Wildman–Crippen MR) is 75.3 cm³/mol. The van der Waals surface area contributed by atoms with Crippen molar-refractivity contribution < 1.29 is 0 Å². The minimum atomic E-state index is 0.0439. The van der Waals surface area contributed by atoms with Crippen LogP contribution in [-0.2, 0) is 5.41 Å². The first-order valence-corrected chi connectivity index (χ1v) is 7.30. The van der Waals surface area contributed by atoms with Crippen molar-refractivity contribution in [3.8, 4) is 0 Å². The molecule has 1 aromatic heterocycles. The van der Waals surface area contributed by atoms with Crippen molar-refractivity contribution in [3.63, 3.8) is 0 Å². The molecule has 0 radical (unpaired) electrons. The molecule has 3 heteroatoms. The SMILES string of the molecule is Clc1ccc(C(Cl)C2(c3ccccc3)CC2)s1. The molecule has 1 aromatic carbocycles. The van der Waals surface area contributed by atoms with Gasteiger partial charge in [-0.1, -0.05) is 41.9 Å². The Bertz CT molecular complexity index is 514. The van der Waals surface area contributed by atoms with Crippen molar-refractivity contribution in [1.29, 1.82) is 0 Å². The van der Waals surface area contributed by atoms with Crippen LogP contribution in [0.25, 0.3) is 0 Å². The lowest BCUT2D eigenvalue weighted by Gasteiger charge is -2.21. The van der Waals surface area contributed by atoms with Gasteiger partial charge in [0.15, 0.2) is 0 Å². The molecule has 1 atom stereocenters. The second-order valence-electron chi connectivity index (χ2n) is 4.53. The first-order valence-electron chi connectivity index (χ1n) is 5.67. The Balaban J connectivity index is 1.94. The summed E-state index contributed by atoms with van der Waals surface area (Å²) in [4.78, 5) is 1.18. The van der Waals surface area contributed by atoms with Crippen LogP contribution in [0.4, 0.5) is 0 Å². The number of thiophene rings is 1. The Morgan fingerprint density at radius 2 is 1.76 bits per heavy atom. The first-order chi connectivity index (χ1) is 8.22. The van der Waals surface area contributed by atoms with Crippen LogP contribution in [0.3, 0.4) is 0 Å². The molecule has 1 heterocycles. The van der Waals surface area contributed by atoms with Crippen molar-refractivity contribution >= 4 is 34.5 Å². The minimum Gasteiger partial charge on any atom is -0.127 e. The van der Waals surface area contributed by atoms with E-state index in [-0.39, 0.29) is 10.8 Å². The highest BCUT2D eigenvalue weighted by molar-refractivity contribution is 7.16. The zero-order valence-electron chi connectivity index (χ0n) is 9.20. The van der Waals surface area contributed by atoms with E-state index >= 15 is 0 Å². The third kappa shape index (κ3) is 2.01. The van der Waals surface area contributed by atoms with E-state index in [1.54, 1.807) is 11.3 Å². The third-order valence-electron chi connectivity index (χ3n) is 3.47. The molecule has 1 fully saturated rings. The van der Waals surface area contributed by atoms with Gasteiger partial charge in [-0.2, -0.15) is 0 Å². The van der Waals surface area contributed by atoms with E-state index in [0.29, 0.717) is 0 Å². The Morgan fingerprint density at radius 3 is 2.29 bits per heavy atom. The van der Waals surface area contributed by atoms with Crippen molar-refractivity contribution in [2.75, 3.05) is 0 Å². The van der Waals surface area contributed by atoms with Gasteiger partial charge in [-0.3, -0.25) is 0 Å². The summed E-state index contributed by atoms with van der Waals surface area (Å²) in [6.07, 6.45) is 2.33. The van der Waals surface area contributed by atoms with Gasteiger partial charge in [0, 0.05) is 10.3 Å². The first kappa shape index (κ1) is 11.6. The third-order valence-corrected chi connectivity index (χ3v) is 5.54. The predicted octanol–water partition coefficient (Wildman–Crippen LogP) is 5.41. The lowest BCUT2D eigenvalue weighted by molar-refractivity contribution is 0.670. The second-order valence-corrected chi connectivity index (χ2v) is 6.71. The number of hydrogen-bond acceptors (Lipinski definition) is 1. The summed E-state index contributed by atoms with van der Waals surface area (Å²) >= 11 is 14.2. The molecule has 0 nitrogen and oxygen atoms in total. The number of hydrogen-bond donors (Lipinski definition) is 0. The Kier molecular flexibility index (Phi) is 2.94. The monoisotopic (exact) mass is 282 g/mol. The van der Waals surface area contributed by atoms with Crippen molar-refractivity contribution in [3.05, 3.63) is 57.2 Å². The minimum absolute atomic E-state index is 0.0439. The Hall–Kier alpha value is -0.500. The fourth-order valence-corrected chi connectivity index (χ4v) is 4.04. The summed E-state index contributed by atoms with van der Waals surface area (Å²) < 4.78 is 0.814. The lowest BCUT2D eigenvalue weighted by Crippen LogP contribution is -2.12. The molecule has 1 aliphatic rings. The summed E-state index contributed by atoms with van der Waals surface area (Å²) in [5, 5.41) is 0.0439. The molecule has 0 spiro atoms. The Morgan fingerprint density at radius 1 is 1.06 bits per heavy atom. The van der Waals surface area contributed by atoms with E-state index in [9.17, 15) is 0 Å². The molecule has 3 rings (SSSR count). The van der Waals surface area contributed by atoms with Crippen molar-refractivity contribution in [2.45, 2.75) is 23.6 Å². The van der Waals surface area contributed by atoms with Crippen LogP contribution in [0.2, 0.25) is 4.34 Å². The number of benzene rings is 1. The summed E-state index contributed by atoms with van der Waals surface area (Å²) in [5.41, 5.74) is 1.49. The van der Waals surface area contributed by atoms with Crippen LogP contribution in [0, 0.1) is 0 Å². The number of halogens is 2. The molecule has 0 bridgehead atoms. The van der Waals surface area contributed by atoms with Gasteiger partial charge in [0.1, 0.15) is 0 Å². The molecule has 1 unspecified atom stereocenters. The van der Waals surface area contributed by atoms with E-state index in [1.807, 2.05) is 18.2 Å². The standard InChI is InChI=1S/C14H12Cl2S/c15-12-7-6-11(17-12)13(16)14(8-9-14)10-4-2-1-3-5-10/h1-7,13H,8-9H2. The van der Waals surface area contributed by atoms with E-state index in [0.717, 1.165) is 4.34 Å². The average molecular weight is 283 g/mol. The fraction of sp³-hybridized carbons (Fsp3) is 0.286. The molecule has 1 aliphatic carbocycles. The van der Waals surface area contributed by atoms with Gasteiger partial charge in [-0.15, -0.1) is 22.9 Å². The van der Waals surface area contributed by atoms with Crippen molar-refractivity contribution in [1.82, 2.24) is 0 Å². The second kappa shape index (κ2) is 4.31. The number of rotatable bonds is 3. The van der Waals surface area contributed by atoms with Gasteiger partial charge < -0.3 is 0 Å². The van der Waals surface area contributed by atoms with Gasteiger partial charge in [0.2, 0.25) is 0 Å². The van der Waals surface area contributed by atoms with E-state index < -0.39 is 0 Å². The maximum absolute atomic E-state index is 6.66. The van der Waals surface area contributed by atoms with Gasteiger partial charge in [0.05, 0.1) is 9.71 Å². The summed E-state index contributed by atoms with van der Waals surface area (Å²) in [5.74, 6) is 0. The smallest absolute Gasteiger partial charge is 0.0931 e. The molecule has 1 saturated carbocycles. The van der Waals surface area contributed by atoms with Gasteiger partial charge >= 0.3 is 0 Å². The zero-order valence-corrected chi connectivity index (χ0v) is 11.5. The molecule has 0 amide bonds. The van der Waals surface area contributed by atoms with Crippen LogP contribution >= 0.6 is 34.5 Å². The lowest BCUT2D eigenvalue weighted by atomic mass is 9.91. The van der Waals surface area contributed by atoms with Gasteiger partial charge in [0.25, 0.3) is 0 Å². The molecule has 0 N–H and O–H groups in total. The maximum Gasteiger partial charge on any atom is 0.0931 e. The molecule has 0 aliphatic heterocycles. The number of alkyl halides is 1. The van der Waals surface area contributed by atoms with E-state index in [2.05, 4.69) is 24.3 Å². The molecule has 0 saturated heterocycles. The Labute approximate surface area is 115 Å². The zero-order chi connectivity index (χ0) is 11.9. The van der Waals surface area contributed by atoms with Crippen LogP contribution < -0.4 is 0 Å². The topological polar surface area (TPSA) is 0 Å². The highest BCUT2D eigenvalue weighted by Crippen LogP contribution is 2.60. The maximum atomic E-state index is 6.66. The molecular weight excluding hydrogens is 271 g/mol. The van der Waals surface area contributed by atoms with Crippen LogP contribution in [0.5, 0.6) is 0 Å². The van der Waals surface area contributed by atoms with Gasteiger partial charge in [-0.25, -0.2) is 0 Å². The average Bonchev–Trinajstić information content (AvgIpc) is 3.07. The van der Waals surface area contributed by atoms with Crippen LogP contribution in [0.1, 0.15) is 28.7 Å². The molecule has 88 valence electrons. The summed E-state index contributed by atoms with van der Waals surface area (Å²) in [7, 11) is 0. The molecule has 17 heavy (non-hydrogen) atoms. The van der Waals surface area contributed by atoms with E-state index in [4.69, 9.17) is 23.2 Å². The molecular formula is C14H12Cl2S. The van der Waals surface area contributed by atoms with E-state index in [1.165, 1.54) is 23.3 Å². The highest BCUT2D eigenvalue weighted by atomic mass is 35.5. The van der Waals surface area contributed by atoms with Crippen LogP contribution in [-0.4, -0.2) is 0 Å². The van der Waals surface area contributed by atoms with Gasteiger partial charge in [-0.05, 0) is 30.5 Å². The normalized spacial score (nSPS) is 18.9. The van der Waals surface area contributed by atoms with Crippen molar-refractivity contribution in [2.24, 2.45) is 0 Å². The highest BCUT2D eigenvalue weighted by Gasteiger charge is 2.50. The summed E-state index contributed by atoms with van der Waals surface area (Å²) in [6.45, 7) is 0. The van der Waals surface area contributed by atoms with Crippen LogP contribution in [0.15, 0.2) is 42.5 Å². The fourth-order valence-electron chi connectivity index (χ4n) is 2.33. The molecule has 2 aromatic rings. The quantitative estimate of drug-likeness (QED) is 0.660. The largest absolute Gasteiger partial charge is 0.127 e.